The summed E-state index contributed by atoms with van der Waals surface area (Å²) < 4.78 is 4.79. The van der Waals surface area contributed by atoms with Gasteiger partial charge in [0.2, 0.25) is 0 Å². The zero-order valence-electron chi connectivity index (χ0n) is 18.6. The van der Waals surface area contributed by atoms with E-state index in [-0.39, 0.29) is 31.0 Å². The molecular weight excluding hydrogens is 339 g/mol. The molecule has 5 heteroatoms. The second-order valence-electron chi connectivity index (χ2n) is 7.17. The third-order valence-electron chi connectivity index (χ3n) is 4.64. The molecule has 150 valence electrons. The summed E-state index contributed by atoms with van der Waals surface area (Å²) in [6.45, 7) is 3.64. The molecule has 0 saturated heterocycles. The maximum Gasteiger partial charge on any atom is 1.00 e. The maximum absolute atomic E-state index is 11.4. The normalized spacial score (nSPS) is 11.6. The number of carbonyl (C=O) groups is 2. The van der Waals surface area contributed by atoms with E-state index >= 15 is 0 Å². The van der Waals surface area contributed by atoms with Crippen LogP contribution in [0.4, 0.5) is 0 Å². The Balaban J connectivity index is -0.00000288. The van der Waals surface area contributed by atoms with Gasteiger partial charge in [0, 0.05) is 6.42 Å². The van der Waals surface area contributed by atoms with Gasteiger partial charge in [-0.05, 0) is 13.3 Å². The predicted octanol–water partition coefficient (Wildman–Crippen LogP) is 3.38. The Hall–Kier alpha value is -0.0600. The maximum atomic E-state index is 11.4. The second kappa shape index (κ2) is 21.2. The van der Waals surface area contributed by atoms with Crippen LogP contribution in [0.3, 0.4) is 0 Å². The zero-order valence-corrected chi connectivity index (χ0v) is 19.6. The van der Waals surface area contributed by atoms with Crippen molar-refractivity contribution in [3.63, 3.8) is 0 Å². The molecule has 0 saturated carbocycles. The van der Waals surface area contributed by atoms with Crippen molar-refractivity contribution >= 4 is 11.9 Å². The SMILES string of the molecule is CCCCCCCCCCCCCCCCCC(=O)OC(C)C(=O)O.[H-].[Na+]. The summed E-state index contributed by atoms with van der Waals surface area (Å²) in [4.78, 5) is 22.0. The number of ether oxygens (including phenoxy) is 1. The Morgan fingerprint density at radius 1 is 0.769 bits per heavy atom. The quantitative estimate of drug-likeness (QED) is 0.225. The van der Waals surface area contributed by atoms with Crippen LogP contribution in [0.25, 0.3) is 0 Å². The fourth-order valence-electron chi connectivity index (χ4n) is 2.95. The predicted molar refractivity (Wildman–Crippen MR) is 104 cm³/mol. The van der Waals surface area contributed by atoms with Crippen LogP contribution in [0.2, 0.25) is 0 Å². The molecule has 0 heterocycles. The van der Waals surface area contributed by atoms with Gasteiger partial charge < -0.3 is 11.3 Å². The molecule has 0 spiro atoms. The third-order valence-corrected chi connectivity index (χ3v) is 4.64. The number of carboxylic acid groups (broad SMARTS) is 1. The average molecular weight is 381 g/mol. The summed E-state index contributed by atoms with van der Waals surface area (Å²) in [5.41, 5.74) is 0. The van der Waals surface area contributed by atoms with E-state index in [2.05, 4.69) is 6.92 Å². The molecule has 0 aliphatic heterocycles. The van der Waals surface area contributed by atoms with Gasteiger partial charge >= 0.3 is 41.5 Å². The van der Waals surface area contributed by atoms with Gasteiger partial charge in [0.25, 0.3) is 0 Å². The number of esters is 1. The number of aliphatic carboxylic acids is 1. The van der Waals surface area contributed by atoms with Crippen LogP contribution in [-0.4, -0.2) is 23.1 Å². The average Bonchev–Trinajstić information content (AvgIpc) is 2.58. The van der Waals surface area contributed by atoms with Gasteiger partial charge in [-0.2, -0.15) is 0 Å². The van der Waals surface area contributed by atoms with Crippen molar-refractivity contribution in [2.24, 2.45) is 0 Å². The molecule has 0 aliphatic carbocycles. The summed E-state index contributed by atoms with van der Waals surface area (Å²) in [5.74, 6) is -1.49. The summed E-state index contributed by atoms with van der Waals surface area (Å²) in [6.07, 6.45) is 18.6. The van der Waals surface area contributed by atoms with Crippen LogP contribution in [0.1, 0.15) is 118 Å². The minimum absolute atomic E-state index is 0. The van der Waals surface area contributed by atoms with Crippen LogP contribution in [0, 0.1) is 0 Å². The third kappa shape index (κ3) is 20.3. The van der Waals surface area contributed by atoms with Crippen molar-refractivity contribution in [3.05, 3.63) is 0 Å². The number of carboxylic acids is 1. The van der Waals surface area contributed by atoms with E-state index in [4.69, 9.17) is 9.84 Å². The van der Waals surface area contributed by atoms with Crippen molar-refractivity contribution < 1.29 is 50.4 Å². The molecule has 4 nitrogen and oxygen atoms in total. The standard InChI is InChI=1S/C21H40O4.Na.H/c1-3-4-5-6-7-8-9-10-11-12-13-14-15-16-17-18-20(22)25-19(2)21(23)24;;/h19H,3-18H2,1-2H3,(H,23,24);;/q;+1;-1. The van der Waals surface area contributed by atoms with Gasteiger partial charge in [-0.3, -0.25) is 4.79 Å². The zero-order chi connectivity index (χ0) is 18.8. The Bertz CT molecular complexity index is 340. The summed E-state index contributed by atoms with van der Waals surface area (Å²) in [7, 11) is 0. The van der Waals surface area contributed by atoms with Gasteiger partial charge in [0.1, 0.15) is 0 Å². The molecule has 0 aliphatic rings. The molecule has 26 heavy (non-hydrogen) atoms. The smallest absolute Gasteiger partial charge is 1.00 e. The van der Waals surface area contributed by atoms with Gasteiger partial charge in [0.15, 0.2) is 6.10 Å². The van der Waals surface area contributed by atoms with E-state index in [1.54, 1.807) is 0 Å². The molecule has 0 aromatic heterocycles. The first-order valence-electron chi connectivity index (χ1n) is 10.5. The van der Waals surface area contributed by atoms with Crippen molar-refractivity contribution in [2.75, 3.05) is 0 Å². The van der Waals surface area contributed by atoms with Crippen molar-refractivity contribution in [1.82, 2.24) is 0 Å². The van der Waals surface area contributed by atoms with Crippen molar-refractivity contribution in [1.29, 1.82) is 0 Å². The van der Waals surface area contributed by atoms with E-state index in [0.29, 0.717) is 6.42 Å². The summed E-state index contributed by atoms with van der Waals surface area (Å²) >= 11 is 0. The van der Waals surface area contributed by atoms with Gasteiger partial charge in [-0.15, -0.1) is 0 Å². The fraction of sp³-hybridized carbons (Fsp3) is 0.905. The Morgan fingerprint density at radius 2 is 1.12 bits per heavy atom. The molecule has 0 fully saturated rings. The van der Waals surface area contributed by atoms with Gasteiger partial charge in [-0.1, -0.05) is 96.8 Å². The first-order chi connectivity index (χ1) is 12.1. The molecule has 0 aromatic rings. The van der Waals surface area contributed by atoms with Crippen LogP contribution in [0.5, 0.6) is 0 Å². The van der Waals surface area contributed by atoms with E-state index in [9.17, 15) is 9.59 Å². The number of rotatable bonds is 18. The number of hydrogen-bond donors (Lipinski definition) is 1. The minimum Gasteiger partial charge on any atom is -1.00 e. The minimum atomic E-state index is -1.09. The molecule has 0 aromatic carbocycles. The fourth-order valence-corrected chi connectivity index (χ4v) is 2.95. The van der Waals surface area contributed by atoms with E-state index in [1.807, 2.05) is 0 Å². The van der Waals surface area contributed by atoms with Gasteiger partial charge in [0.05, 0.1) is 0 Å². The Kier molecular flexibility index (Phi) is 23.0. The van der Waals surface area contributed by atoms with Crippen LogP contribution < -0.4 is 29.6 Å². The van der Waals surface area contributed by atoms with Crippen molar-refractivity contribution in [2.45, 2.75) is 123 Å². The topological polar surface area (TPSA) is 63.6 Å². The first kappa shape index (κ1) is 28.2. The van der Waals surface area contributed by atoms with E-state index in [1.165, 1.54) is 84.0 Å². The Labute approximate surface area is 184 Å². The monoisotopic (exact) mass is 380 g/mol. The number of hydrogen-bond acceptors (Lipinski definition) is 3. The molecule has 1 unspecified atom stereocenters. The second-order valence-corrected chi connectivity index (χ2v) is 7.17. The molecule has 0 radical (unpaired) electrons. The summed E-state index contributed by atoms with van der Waals surface area (Å²) in [6, 6.07) is 0. The largest absolute Gasteiger partial charge is 1.00 e. The van der Waals surface area contributed by atoms with Gasteiger partial charge in [-0.25, -0.2) is 4.79 Å². The Morgan fingerprint density at radius 3 is 1.46 bits per heavy atom. The van der Waals surface area contributed by atoms with Crippen molar-refractivity contribution in [3.8, 4) is 0 Å². The van der Waals surface area contributed by atoms with E-state index < -0.39 is 18.0 Å². The molecule has 0 amide bonds. The van der Waals surface area contributed by atoms with Crippen LogP contribution >= 0.6 is 0 Å². The van der Waals surface area contributed by atoms with Crippen LogP contribution in [-0.2, 0) is 14.3 Å². The number of unbranched alkanes of at least 4 members (excludes halogenated alkanes) is 14. The molecule has 0 rings (SSSR count). The first-order valence-corrected chi connectivity index (χ1v) is 10.5. The molecule has 1 N–H and O–H groups in total. The van der Waals surface area contributed by atoms with Crippen LogP contribution in [0.15, 0.2) is 0 Å². The molecule has 0 bridgehead atoms. The number of carbonyl (C=O) groups excluding carboxylic acids is 1. The van der Waals surface area contributed by atoms with E-state index in [0.717, 1.165) is 19.3 Å². The molecular formula is C21H41NaO4. The molecule has 1 atom stereocenters. The summed E-state index contributed by atoms with van der Waals surface area (Å²) in [5, 5.41) is 8.66.